The van der Waals surface area contributed by atoms with E-state index in [1.54, 1.807) is 30.5 Å². The number of ether oxygens (including phenoxy) is 1. The molecule has 2 heterocycles. The van der Waals surface area contributed by atoms with Crippen molar-refractivity contribution in [1.82, 2.24) is 9.88 Å². The minimum atomic E-state index is -0.860. The largest absolute Gasteiger partial charge is 0.478 e. The molecule has 0 aliphatic carbocycles. The number of rotatable bonds is 6. The van der Waals surface area contributed by atoms with Crippen LogP contribution in [0.5, 0.6) is 5.75 Å². The summed E-state index contributed by atoms with van der Waals surface area (Å²) in [6, 6.07) is 9.37. The number of para-hydroxylation sites is 1. The number of carbonyl (C=O) groups excluding carboxylic acids is 1. The van der Waals surface area contributed by atoms with Gasteiger partial charge in [-0.3, -0.25) is 9.59 Å². The molecule has 0 spiro atoms. The van der Waals surface area contributed by atoms with Crippen molar-refractivity contribution in [3.05, 3.63) is 65.0 Å². The molecule has 1 amide bonds. The van der Waals surface area contributed by atoms with Gasteiger partial charge in [0.05, 0.1) is 6.26 Å². The number of pyridine rings is 1. The molecule has 0 saturated carbocycles. The Morgan fingerprint density at radius 1 is 1.32 bits per heavy atom. The molecule has 25 heavy (non-hydrogen) atoms. The summed E-state index contributed by atoms with van der Waals surface area (Å²) >= 11 is 0. The third kappa shape index (κ3) is 3.71. The summed E-state index contributed by atoms with van der Waals surface area (Å²) in [5.74, 6) is -0.902. The molecule has 0 radical (unpaired) electrons. The molecule has 0 bridgehead atoms. The Bertz CT molecular complexity index is 947. The molecule has 1 aromatic carbocycles. The summed E-state index contributed by atoms with van der Waals surface area (Å²) in [5, 5.41) is 3.40. The van der Waals surface area contributed by atoms with Crippen LogP contribution in [-0.2, 0) is 11.3 Å². The summed E-state index contributed by atoms with van der Waals surface area (Å²) in [4.78, 5) is 24.2. The van der Waals surface area contributed by atoms with Gasteiger partial charge in [-0.2, -0.15) is 0 Å². The lowest BCUT2D eigenvalue weighted by atomic mass is 10.3. The molecule has 0 aliphatic rings. The molecule has 1 N–H and O–H groups in total. The second-order valence-electron chi connectivity index (χ2n) is 5.50. The molecule has 2 aromatic heterocycles. The minimum Gasteiger partial charge on any atom is -0.478 e. The Morgan fingerprint density at radius 3 is 2.92 bits per heavy atom. The number of fused-ring (bicyclic) bond motifs is 1. The third-order valence-electron chi connectivity index (χ3n) is 3.75. The lowest BCUT2D eigenvalue weighted by molar-refractivity contribution is -0.127. The first-order valence-electron chi connectivity index (χ1n) is 7.82. The van der Waals surface area contributed by atoms with E-state index >= 15 is 0 Å². The Kier molecular flexibility index (Phi) is 4.83. The fraction of sp³-hybridized carbons (Fsp3) is 0.222. The maximum Gasteiger partial charge on any atom is 0.294 e. The molecule has 130 valence electrons. The Morgan fingerprint density at radius 2 is 2.12 bits per heavy atom. The molecule has 1 atom stereocenters. The van der Waals surface area contributed by atoms with Crippen molar-refractivity contribution in [3.63, 3.8) is 0 Å². The molecule has 6 nitrogen and oxygen atoms in total. The first-order valence-corrected chi connectivity index (χ1v) is 7.82. The highest BCUT2D eigenvalue weighted by Gasteiger charge is 2.16. The van der Waals surface area contributed by atoms with Crippen molar-refractivity contribution in [2.24, 2.45) is 0 Å². The molecule has 0 saturated heterocycles. The number of hydrogen-bond acceptors (Lipinski definition) is 4. The molecule has 0 fully saturated rings. The van der Waals surface area contributed by atoms with Gasteiger partial charge in [-0.05, 0) is 31.2 Å². The predicted molar refractivity (Wildman–Crippen MR) is 90.0 cm³/mol. The van der Waals surface area contributed by atoms with Crippen molar-refractivity contribution in [3.8, 4) is 5.75 Å². The average molecular weight is 344 g/mol. The quantitative estimate of drug-likeness (QED) is 0.745. The van der Waals surface area contributed by atoms with Gasteiger partial charge >= 0.3 is 0 Å². The number of amides is 1. The number of hydrogen-bond donors (Lipinski definition) is 1. The first kappa shape index (κ1) is 16.8. The van der Waals surface area contributed by atoms with Crippen LogP contribution in [0.4, 0.5) is 4.39 Å². The highest BCUT2D eigenvalue weighted by atomic mass is 19.1. The van der Waals surface area contributed by atoms with Crippen molar-refractivity contribution in [2.75, 3.05) is 6.54 Å². The fourth-order valence-electron chi connectivity index (χ4n) is 2.40. The second kappa shape index (κ2) is 7.21. The van der Waals surface area contributed by atoms with Crippen molar-refractivity contribution < 1.29 is 18.3 Å². The summed E-state index contributed by atoms with van der Waals surface area (Å²) in [6.45, 7) is 2.05. The van der Waals surface area contributed by atoms with E-state index in [-0.39, 0.29) is 30.0 Å². The van der Waals surface area contributed by atoms with Crippen molar-refractivity contribution in [1.29, 1.82) is 0 Å². The number of aromatic nitrogens is 1. The van der Waals surface area contributed by atoms with Gasteiger partial charge < -0.3 is 19.0 Å². The third-order valence-corrected chi connectivity index (χ3v) is 3.75. The smallest absolute Gasteiger partial charge is 0.294 e. The van der Waals surface area contributed by atoms with Gasteiger partial charge in [0.15, 0.2) is 23.3 Å². The zero-order valence-electron chi connectivity index (χ0n) is 13.6. The van der Waals surface area contributed by atoms with Gasteiger partial charge in [-0.15, -0.1) is 0 Å². The van der Waals surface area contributed by atoms with E-state index in [0.29, 0.717) is 0 Å². The molecule has 3 rings (SSSR count). The highest BCUT2D eigenvalue weighted by Crippen LogP contribution is 2.17. The minimum absolute atomic E-state index is 0.0182. The van der Waals surface area contributed by atoms with Crippen LogP contribution in [0.3, 0.4) is 0 Å². The summed E-state index contributed by atoms with van der Waals surface area (Å²) in [6.07, 6.45) is 2.24. The van der Waals surface area contributed by atoms with E-state index in [2.05, 4.69) is 5.32 Å². The first-order chi connectivity index (χ1) is 12.1. The average Bonchev–Trinajstić information content (AvgIpc) is 3.08. The van der Waals surface area contributed by atoms with Crippen molar-refractivity contribution >= 4 is 16.9 Å². The second-order valence-corrected chi connectivity index (χ2v) is 5.50. The van der Waals surface area contributed by atoms with Crippen LogP contribution < -0.4 is 15.6 Å². The van der Waals surface area contributed by atoms with Gasteiger partial charge in [0.2, 0.25) is 0 Å². The SMILES string of the molecule is C[C@H](Oc1ccccc1F)C(=O)NCCn1ccc2ccoc2c1=O. The molecule has 7 heteroatoms. The lowest BCUT2D eigenvalue weighted by Gasteiger charge is -2.15. The van der Waals surface area contributed by atoms with E-state index in [0.717, 1.165) is 5.39 Å². The van der Waals surface area contributed by atoms with Crippen LogP contribution in [0.15, 0.2) is 58.1 Å². The van der Waals surface area contributed by atoms with Crippen LogP contribution in [0, 0.1) is 5.82 Å². The summed E-state index contributed by atoms with van der Waals surface area (Å²) in [7, 11) is 0. The zero-order chi connectivity index (χ0) is 17.8. The number of nitrogens with zero attached hydrogens (tertiary/aromatic N) is 1. The number of benzene rings is 1. The van der Waals surface area contributed by atoms with Crippen LogP contribution in [-0.4, -0.2) is 23.1 Å². The van der Waals surface area contributed by atoms with Crippen molar-refractivity contribution in [2.45, 2.75) is 19.6 Å². The molecule has 0 unspecified atom stereocenters. The highest BCUT2D eigenvalue weighted by molar-refractivity contribution is 5.80. The molecule has 0 aliphatic heterocycles. The summed E-state index contributed by atoms with van der Waals surface area (Å²) in [5.41, 5.74) is 0.0254. The van der Waals surface area contributed by atoms with E-state index in [1.165, 1.54) is 29.9 Å². The van der Waals surface area contributed by atoms with Crippen LogP contribution >= 0.6 is 0 Å². The van der Waals surface area contributed by atoms with Crippen LogP contribution in [0.1, 0.15) is 6.92 Å². The standard InChI is InChI=1S/C18H17FN2O4/c1-12(25-15-5-3-2-4-14(15)19)17(22)20-8-10-21-9-6-13-7-11-24-16(13)18(21)23/h2-7,9,11-12H,8,10H2,1H3,(H,20,22)/t12-/m0/s1. The van der Waals surface area contributed by atoms with E-state index in [1.807, 2.05) is 0 Å². The molecular weight excluding hydrogens is 327 g/mol. The van der Waals surface area contributed by atoms with Crippen LogP contribution in [0.25, 0.3) is 11.0 Å². The number of nitrogens with one attached hydrogen (secondary N) is 1. The Balaban J connectivity index is 1.55. The monoisotopic (exact) mass is 344 g/mol. The maximum atomic E-state index is 13.5. The summed E-state index contributed by atoms with van der Waals surface area (Å²) < 4.78 is 25.4. The van der Waals surface area contributed by atoms with E-state index in [4.69, 9.17) is 9.15 Å². The topological polar surface area (TPSA) is 73.5 Å². The normalized spacial score (nSPS) is 12.1. The Hall–Kier alpha value is -3.09. The van der Waals surface area contributed by atoms with Crippen LogP contribution in [0.2, 0.25) is 0 Å². The lowest BCUT2D eigenvalue weighted by Crippen LogP contribution is -2.38. The zero-order valence-corrected chi connectivity index (χ0v) is 13.6. The fourth-order valence-corrected chi connectivity index (χ4v) is 2.40. The van der Waals surface area contributed by atoms with E-state index in [9.17, 15) is 14.0 Å². The molecule has 3 aromatic rings. The maximum absolute atomic E-state index is 13.5. The van der Waals surface area contributed by atoms with Gasteiger partial charge in [0, 0.05) is 24.7 Å². The van der Waals surface area contributed by atoms with E-state index < -0.39 is 17.8 Å². The number of furan rings is 1. The number of carbonyl (C=O) groups is 1. The predicted octanol–water partition coefficient (Wildman–Crippen LogP) is 2.32. The Labute approximate surface area is 142 Å². The number of halogens is 1. The van der Waals surface area contributed by atoms with Gasteiger partial charge in [0.25, 0.3) is 11.5 Å². The van der Waals surface area contributed by atoms with Gasteiger partial charge in [0.1, 0.15) is 0 Å². The van der Waals surface area contributed by atoms with Gasteiger partial charge in [-0.1, -0.05) is 12.1 Å². The molecular formula is C18H17FN2O4. The van der Waals surface area contributed by atoms with Gasteiger partial charge in [-0.25, -0.2) is 4.39 Å².